The number of phenols is 1. The third-order valence-electron chi connectivity index (χ3n) is 1.56. The molecule has 0 atom stereocenters. The lowest BCUT2D eigenvalue weighted by Crippen LogP contribution is -2.05. The van der Waals surface area contributed by atoms with E-state index in [0.29, 0.717) is 6.61 Å². The summed E-state index contributed by atoms with van der Waals surface area (Å²) in [7, 11) is 0. The summed E-state index contributed by atoms with van der Waals surface area (Å²) in [5, 5.41) is 23.2. The highest BCUT2D eigenvalue weighted by Crippen LogP contribution is 2.16. The Morgan fingerprint density at radius 2 is 1.76 bits per heavy atom. The van der Waals surface area contributed by atoms with Crippen LogP contribution in [-0.4, -0.2) is 34.1 Å². The van der Waals surface area contributed by atoms with Gasteiger partial charge in [0.15, 0.2) is 0 Å². The highest BCUT2D eigenvalue weighted by molar-refractivity contribution is 5.92. The zero-order valence-electron chi connectivity index (χ0n) is 9.29. The van der Waals surface area contributed by atoms with E-state index in [4.69, 9.17) is 19.7 Å². The van der Waals surface area contributed by atoms with Crippen LogP contribution < -0.4 is 0 Å². The van der Waals surface area contributed by atoms with Gasteiger partial charge in [-0.1, -0.05) is 19.1 Å². The molecule has 0 spiro atoms. The third-order valence-corrected chi connectivity index (χ3v) is 1.56. The van der Waals surface area contributed by atoms with E-state index in [9.17, 15) is 9.90 Å². The number of benzene rings is 1. The maximum absolute atomic E-state index is 11.2. The first kappa shape index (κ1) is 14.8. The maximum Gasteiger partial charge on any atom is 0.503 e. The van der Waals surface area contributed by atoms with Gasteiger partial charge in [-0.15, -0.1) is 0 Å². The van der Waals surface area contributed by atoms with Gasteiger partial charge in [0.2, 0.25) is 0 Å². The minimum absolute atomic E-state index is 0.0383. The summed E-state index contributed by atoms with van der Waals surface area (Å²) in [6.07, 6.45) is -1.06. The highest BCUT2D eigenvalue weighted by atomic mass is 16.6. The van der Waals surface area contributed by atoms with Gasteiger partial charge in [-0.05, 0) is 18.6 Å². The fourth-order valence-corrected chi connectivity index (χ4v) is 0.919. The molecular formula is C11H14O6. The first-order chi connectivity index (χ1) is 7.99. The lowest BCUT2D eigenvalue weighted by atomic mass is 10.2. The minimum atomic E-state index is -1.83. The standard InChI is InChI=1S/C10H12O3.CH2O3/c1-2-7-13-10(12)8-5-3-4-6-9(8)11;2-1(3)4/h3-6,11H,2,7H2,1H3;(H2,2,3,4). The first-order valence-corrected chi connectivity index (χ1v) is 4.86. The molecule has 1 rings (SSSR count). The number of hydrogen-bond donors (Lipinski definition) is 3. The second-order valence-electron chi connectivity index (χ2n) is 2.94. The van der Waals surface area contributed by atoms with Crippen molar-refractivity contribution in [3.63, 3.8) is 0 Å². The first-order valence-electron chi connectivity index (χ1n) is 4.86. The molecule has 0 aromatic heterocycles. The SMILES string of the molecule is CCCOC(=O)c1ccccc1O.O=C(O)O. The minimum Gasteiger partial charge on any atom is -0.507 e. The van der Waals surface area contributed by atoms with Crippen LogP contribution in [0.25, 0.3) is 0 Å². The number of carboxylic acid groups (broad SMARTS) is 2. The van der Waals surface area contributed by atoms with Crippen molar-refractivity contribution in [1.29, 1.82) is 0 Å². The summed E-state index contributed by atoms with van der Waals surface area (Å²) in [5.74, 6) is -0.511. The molecule has 0 radical (unpaired) electrons. The Bertz CT molecular complexity index is 370. The Kier molecular flexibility index (Phi) is 6.92. The third kappa shape index (κ3) is 6.77. The van der Waals surface area contributed by atoms with Crippen LogP contribution in [0.2, 0.25) is 0 Å². The van der Waals surface area contributed by atoms with Gasteiger partial charge in [0.05, 0.1) is 6.61 Å². The lowest BCUT2D eigenvalue weighted by molar-refractivity contribution is 0.0501. The van der Waals surface area contributed by atoms with Crippen molar-refractivity contribution in [3.05, 3.63) is 29.8 Å². The van der Waals surface area contributed by atoms with Crippen LogP contribution >= 0.6 is 0 Å². The van der Waals surface area contributed by atoms with E-state index < -0.39 is 12.1 Å². The number of phenolic OH excluding ortho intramolecular Hbond substituents is 1. The zero-order valence-corrected chi connectivity index (χ0v) is 9.29. The average molecular weight is 242 g/mol. The number of carbonyl (C=O) groups excluding carboxylic acids is 1. The molecule has 17 heavy (non-hydrogen) atoms. The smallest absolute Gasteiger partial charge is 0.503 e. The number of para-hydroxylation sites is 1. The van der Waals surface area contributed by atoms with Crippen LogP contribution in [0.15, 0.2) is 24.3 Å². The molecule has 0 unspecified atom stereocenters. The van der Waals surface area contributed by atoms with Gasteiger partial charge in [0, 0.05) is 0 Å². The van der Waals surface area contributed by atoms with Gasteiger partial charge in [-0.2, -0.15) is 0 Å². The molecule has 6 heteroatoms. The molecule has 0 aliphatic carbocycles. The van der Waals surface area contributed by atoms with Crippen LogP contribution in [0.1, 0.15) is 23.7 Å². The summed E-state index contributed by atoms with van der Waals surface area (Å²) in [5.41, 5.74) is 0.218. The van der Waals surface area contributed by atoms with E-state index in [2.05, 4.69) is 0 Å². The monoisotopic (exact) mass is 242 g/mol. The summed E-state index contributed by atoms with van der Waals surface area (Å²) >= 11 is 0. The molecule has 6 nitrogen and oxygen atoms in total. The van der Waals surface area contributed by atoms with Crippen molar-refractivity contribution in [2.24, 2.45) is 0 Å². The van der Waals surface area contributed by atoms with Gasteiger partial charge in [0.25, 0.3) is 0 Å². The van der Waals surface area contributed by atoms with Gasteiger partial charge in [-0.3, -0.25) is 0 Å². The summed E-state index contributed by atoms with van der Waals surface area (Å²) < 4.78 is 4.86. The topological polar surface area (TPSA) is 104 Å². The highest BCUT2D eigenvalue weighted by Gasteiger charge is 2.10. The molecule has 1 aromatic carbocycles. The molecule has 0 heterocycles. The molecule has 94 valence electrons. The van der Waals surface area contributed by atoms with Crippen LogP contribution in [0.4, 0.5) is 4.79 Å². The number of aromatic hydroxyl groups is 1. The van der Waals surface area contributed by atoms with Crippen LogP contribution in [0.5, 0.6) is 5.75 Å². The van der Waals surface area contributed by atoms with Crippen molar-refractivity contribution in [2.45, 2.75) is 13.3 Å². The quantitative estimate of drug-likeness (QED) is 0.702. The van der Waals surface area contributed by atoms with Crippen molar-refractivity contribution < 1.29 is 29.6 Å². The summed E-state index contributed by atoms with van der Waals surface area (Å²) in [6, 6.07) is 6.34. The molecule has 0 saturated carbocycles. The van der Waals surface area contributed by atoms with Crippen LogP contribution in [-0.2, 0) is 4.74 Å². The van der Waals surface area contributed by atoms with E-state index in [1.807, 2.05) is 6.92 Å². The Morgan fingerprint density at radius 3 is 2.24 bits per heavy atom. The zero-order chi connectivity index (χ0) is 13.3. The Labute approximate surface area is 98.1 Å². The predicted octanol–water partition coefficient (Wildman–Crippen LogP) is 2.18. The van der Waals surface area contributed by atoms with Crippen molar-refractivity contribution in [3.8, 4) is 5.75 Å². The van der Waals surface area contributed by atoms with Gasteiger partial charge in [0.1, 0.15) is 11.3 Å². The number of hydrogen-bond acceptors (Lipinski definition) is 4. The van der Waals surface area contributed by atoms with Crippen LogP contribution in [0, 0.1) is 0 Å². The maximum atomic E-state index is 11.2. The molecule has 0 amide bonds. The van der Waals surface area contributed by atoms with Crippen molar-refractivity contribution >= 4 is 12.1 Å². The van der Waals surface area contributed by atoms with Crippen molar-refractivity contribution in [2.75, 3.05) is 6.61 Å². The van der Waals surface area contributed by atoms with E-state index in [0.717, 1.165) is 6.42 Å². The van der Waals surface area contributed by atoms with E-state index >= 15 is 0 Å². The second kappa shape index (κ2) is 7.98. The molecule has 1 aromatic rings. The molecule has 3 N–H and O–H groups in total. The number of carbonyl (C=O) groups is 2. The molecule has 0 aliphatic heterocycles. The molecule has 0 bridgehead atoms. The summed E-state index contributed by atoms with van der Waals surface area (Å²) in [6.45, 7) is 2.30. The Hall–Kier alpha value is -2.24. The number of ether oxygens (including phenoxy) is 1. The number of rotatable bonds is 3. The van der Waals surface area contributed by atoms with Gasteiger partial charge >= 0.3 is 12.1 Å². The lowest BCUT2D eigenvalue weighted by Gasteiger charge is -2.03. The van der Waals surface area contributed by atoms with Gasteiger partial charge in [-0.25, -0.2) is 9.59 Å². The van der Waals surface area contributed by atoms with Gasteiger partial charge < -0.3 is 20.1 Å². The molecule has 0 saturated heterocycles. The number of esters is 1. The predicted molar refractivity (Wildman–Crippen MR) is 59.3 cm³/mol. The van der Waals surface area contributed by atoms with E-state index in [-0.39, 0.29) is 11.3 Å². The average Bonchev–Trinajstić information content (AvgIpc) is 2.26. The normalized spacial score (nSPS) is 8.76. The van der Waals surface area contributed by atoms with E-state index in [1.165, 1.54) is 12.1 Å². The van der Waals surface area contributed by atoms with E-state index in [1.54, 1.807) is 12.1 Å². The Balaban J connectivity index is 0.000000557. The molecule has 0 fully saturated rings. The second-order valence-corrected chi connectivity index (χ2v) is 2.94. The summed E-state index contributed by atoms with van der Waals surface area (Å²) in [4.78, 5) is 19.8. The fraction of sp³-hybridized carbons (Fsp3) is 0.273. The molecule has 0 aliphatic rings. The Morgan fingerprint density at radius 1 is 1.24 bits per heavy atom. The van der Waals surface area contributed by atoms with Crippen molar-refractivity contribution in [1.82, 2.24) is 0 Å². The largest absolute Gasteiger partial charge is 0.507 e. The molecular weight excluding hydrogens is 228 g/mol. The van der Waals surface area contributed by atoms with Crippen LogP contribution in [0.3, 0.4) is 0 Å². The fourth-order valence-electron chi connectivity index (χ4n) is 0.919.